The van der Waals surface area contributed by atoms with E-state index in [4.69, 9.17) is 16.3 Å². The smallest absolute Gasteiger partial charge is 0.306 e. The first kappa shape index (κ1) is 19.4. The Morgan fingerprint density at radius 1 is 1.37 bits per heavy atom. The zero-order valence-corrected chi connectivity index (χ0v) is 16.9. The van der Waals surface area contributed by atoms with Crippen LogP contribution >= 0.6 is 27.5 Å². The van der Waals surface area contributed by atoms with Crippen LogP contribution in [0.2, 0.25) is 5.02 Å². The number of hydrogen-bond acceptors (Lipinski definition) is 4. The first-order valence-electron chi connectivity index (χ1n) is 8.47. The Hall–Kier alpha value is -2.36. The molecule has 27 heavy (non-hydrogen) atoms. The van der Waals surface area contributed by atoms with E-state index in [1.807, 2.05) is 30.3 Å². The first-order chi connectivity index (χ1) is 13.0. The maximum Gasteiger partial charge on any atom is 0.306 e. The summed E-state index contributed by atoms with van der Waals surface area (Å²) in [5, 5.41) is 10.4. The van der Waals surface area contributed by atoms with E-state index in [9.17, 15) is 10.1 Å². The number of ether oxygens (including phenoxy) is 1. The van der Waals surface area contributed by atoms with Crippen LogP contribution in [-0.4, -0.2) is 22.5 Å². The third-order valence-electron chi connectivity index (χ3n) is 4.41. The van der Waals surface area contributed by atoms with Crippen molar-refractivity contribution >= 4 is 44.5 Å². The molecule has 1 heterocycles. The molecule has 138 valence electrons. The van der Waals surface area contributed by atoms with Crippen LogP contribution < -0.4 is 0 Å². The molecule has 2 atom stereocenters. The van der Waals surface area contributed by atoms with Gasteiger partial charge in [0.2, 0.25) is 0 Å². The monoisotopic (exact) mass is 445 g/mol. The largest absolute Gasteiger partial charge is 0.466 e. The Kier molecular flexibility index (Phi) is 6.15. The third-order valence-corrected chi connectivity index (χ3v) is 5.23. The van der Waals surface area contributed by atoms with Crippen LogP contribution in [0.5, 0.6) is 0 Å². The number of aromatic nitrogens is 2. The second-order valence-electron chi connectivity index (χ2n) is 6.03. The molecule has 0 aliphatic carbocycles. The van der Waals surface area contributed by atoms with Crippen molar-refractivity contribution < 1.29 is 9.53 Å². The van der Waals surface area contributed by atoms with Gasteiger partial charge in [-0.15, -0.1) is 0 Å². The summed E-state index contributed by atoms with van der Waals surface area (Å²) >= 11 is 9.79. The number of fused-ring (bicyclic) bond motifs is 1. The lowest BCUT2D eigenvalue weighted by Gasteiger charge is -2.23. The van der Waals surface area contributed by atoms with Crippen LogP contribution in [0.4, 0.5) is 0 Å². The van der Waals surface area contributed by atoms with E-state index in [0.717, 1.165) is 21.1 Å². The summed E-state index contributed by atoms with van der Waals surface area (Å²) in [5.74, 6) is -1.43. The number of nitriles is 1. The summed E-state index contributed by atoms with van der Waals surface area (Å²) in [6.45, 7) is 2.04. The van der Waals surface area contributed by atoms with Gasteiger partial charge in [0.05, 0.1) is 42.4 Å². The summed E-state index contributed by atoms with van der Waals surface area (Å²) in [4.78, 5) is 19.7. The van der Waals surface area contributed by atoms with E-state index in [1.165, 1.54) is 0 Å². The van der Waals surface area contributed by atoms with Gasteiger partial charge in [0.25, 0.3) is 0 Å². The number of para-hydroxylation sites is 1. The molecule has 7 heteroatoms. The minimum atomic E-state index is -0.627. The van der Waals surface area contributed by atoms with Crippen molar-refractivity contribution in [3.63, 3.8) is 0 Å². The molecule has 0 aliphatic rings. The summed E-state index contributed by atoms with van der Waals surface area (Å²) in [6, 6.07) is 13.4. The van der Waals surface area contributed by atoms with Crippen LogP contribution in [0.25, 0.3) is 11.0 Å². The van der Waals surface area contributed by atoms with Crippen LogP contribution in [0.1, 0.15) is 36.3 Å². The zero-order chi connectivity index (χ0) is 19.4. The number of esters is 1. The number of rotatable bonds is 6. The molecule has 0 saturated carbocycles. The number of carbonyl (C=O) groups is 1. The average molecular weight is 447 g/mol. The third kappa shape index (κ3) is 4.15. The van der Waals surface area contributed by atoms with Crippen LogP contribution in [0.15, 0.2) is 47.2 Å². The maximum atomic E-state index is 12.3. The van der Waals surface area contributed by atoms with Crippen molar-refractivity contribution in [1.82, 2.24) is 9.97 Å². The number of halogens is 2. The summed E-state index contributed by atoms with van der Waals surface area (Å²) in [5.41, 5.74) is 3.07. The van der Waals surface area contributed by atoms with E-state index < -0.39 is 11.8 Å². The number of hydrogen-bond donors (Lipinski definition) is 1. The van der Waals surface area contributed by atoms with E-state index >= 15 is 0 Å². The lowest BCUT2D eigenvalue weighted by molar-refractivity contribution is -0.143. The van der Waals surface area contributed by atoms with E-state index in [-0.39, 0.29) is 19.0 Å². The van der Waals surface area contributed by atoms with Crippen molar-refractivity contribution in [1.29, 1.82) is 5.26 Å². The standard InChI is InChI=1S/C20H17BrClN3O2/c1-2-27-19(26)9-15(14-4-3-5-18-20(14)25-11-24-18)16(10-23)13-7-6-12(21)8-17(13)22/h3-8,11,15-16H,2,9H2,1H3,(H,24,25). The lowest BCUT2D eigenvalue weighted by atomic mass is 9.79. The second kappa shape index (κ2) is 8.55. The van der Waals surface area contributed by atoms with Crippen LogP contribution in [-0.2, 0) is 9.53 Å². The quantitative estimate of drug-likeness (QED) is 0.520. The Bertz CT molecular complexity index is 1010. The molecule has 0 amide bonds. The molecule has 3 aromatic rings. The number of nitrogens with one attached hydrogen (secondary N) is 1. The number of aromatic amines is 1. The van der Waals surface area contributed by atoms with Gasteiger partial charge in [-0.2, -0.15) is 5.26 Å². The van der Waals surface area contributed by atoms with Gasteiger partial charge in [0.1, 0.15) is 0 Å². The van der Waals surface area contributed by atoms with E-state index in [1.54, 1.807) is 19.3 Å². The van der Waals surface area contributed by atoms with E-state index in [2.05, 4.69) is 32.0 Å². The molecule has 0 fully saturated rings. The Morgan fingerprint density at radius 3 is 2.89 bits per heavy atom. The molecule has 0 saturated heterocycles. The number of benzene rings is 2. The first-order valence-corrected chi connectivity index (χ1v) is 9.64. The number of carbonyl (C=O) groups excluding carboxylic acids is 1. The Morgan fingerprint density at radius 2 is 2.19 bits per heavy atom. The summed E-state index contributed by atoms with van der Waals surface area (Å²) < 4.78 is 5.97. The fourth-order valence-electron chi connectivity index (χ4n) is 3.22. The van der Waals surface area contributed by atoms with Crippen LogP contribution in [0.3, 0.4) is 0 Å². The van der Waals surface area contributed by atoms with Crippen molar-refractivity contribution in [2.24, 2.45) is 0 Å². The van der Waals surface area contributed by atoms with Crippen molar-refractivity contribution in [3.05, 3.63) is 63.3 Å². The van der Waals surface area contributed by atoms with E-state index in [0.29, 0.717) is 10.6 Å². The topological polar surface area (TPSA) is 78.8 Å². The fraction of sp³-hybridized carbons (Fsp3) is 0.250. The summed E-state index contributed by atoms with van der Waals surface area (Å²) in [7, 11) is 0. The molecule has 0 spiro atoms. The molecular weight excluding hydrogens is 430 g/mol. The van der Waals surface area contributed by atoms with Gasteiger partial charge in [0.15, 0.2) is 0 Å². The van der Waals surface area contributed by atoms with Gasteiger partial charge in [-0.25, -0.2) is 4.98 Å². The highest BCUT2D eigenvalue weighted by atomic mass is 79.9. The molecular formula is C20H17BrClN3O2. The Labute approximate surface area is 170 Å². The van der Waals surface area contributed by atoms with Gasteiger partial charge in [0, 0.05) is 15.4 Å². The van der Waals surface area contributed by atoms with Crippen molar-refractivity contribution in [2.75, 3.05) is 6.61 Å². The molecule has 1 aromatic heterocycles. The number of imidazole rings is 1. The zero-order valence-electron chi connectivity index (χ0n) is 14.6. The van der Waals surface area contributed by atoms with Crippen molar-refractivity contribution in [2.45, 2.75) is 25.2 Å². The fourth-order valence-corrected chi connectivity index (χ4v) is 4.02. The predicted molar refractivity (Wildman–Crippen MR) is 108 cm³/mol. The van der Waals surface area contributed by atoms with Crippen LogP contribution in [0, 0.1) is 11.3 Å². The lowest BCUT2D eigenvalue weighted by Crippen LogP contribution is -2.17. The molecule has 0 aliphatic heterocycles. The molecule has 1 N–H and O–H groups in total. The predicted octanol–water partition coefficient (Wildman–Crippen LogP) is 5.32. The highest BCUT2D eigenvalue weighted by molar-refractivity contribution is 9.10. The average Bonchev–Trinajstić information content (AvgIpc) is 3.12. The SMILES string of the molecule is CCOC(=O)CC(c1cccc2[nH]cnc12)C(C#N)c1ccc(Br)cc1Cl. The van der Waals surface area contributed by atoms with Gasteiger partial charge in [-0.05, 0) is 36.2 Å². The maximum absolute atomic E-state index is 12.3. The molecule has 0 radical (unpaired) electrons. The molecule has 2 aromatic carbocycles. The number of H-pyrrole nitrogens is 1. The van der Waals surface area contributed by atoms with Crippen molar-refractivity contribution in [3.8, 4) is 6.07 Å². The minimum absolute atomic E-state index is 0.0600. The normalized spacial score (nSPS) is 13.1. The second-order valence-corrected chi connectivity index (χ2v) is 7.36. The van der Waals surface area contributed by atoms with Gasteiger partial charge >= 0.3 is 5.97 Å². The highest BCUT2D eigenvalue weighted by Gasteiger charge is 2.31. The summed E-state index contributed by atoms with van der Waals surface area (Å²) in [6.07, 6.45) is 1.66. The highest BCUT2D eigenvalue weighted by Crippen LogP contribution is 2.41. The Balaban J connectivity index is 2.12. The molecule has 0 bridgehead atoms. The van der Waals surface area contributed by atoms with Gasteiger partial charge in [-0.1, -0.05) is 45.7 Å². The molecule has 5 nitrogen and oxygen atoms in total. The minimum Gasteiger partial charge on any atom is -0.466 e. The van der Waals surface area contributed by atoms with Gasteiger partial charge in [-0.3, -0.25) is 4.79 Å². The molecule has 2 unspecified atom stereocenters. The van der Waals surface area contributed by atoms with Gasteiger partial charge < -0.3 is 9.72 Å². The number of nitrogens with zero attached hydrogens (tertiary/aromatic N) is 2. The molecule has 3 rings (SSSR count).